The third-order valence-corrected chi connectivity index (χ3v) is 5.97. The van der Waals surface area contributed by atoms with Crippen molar-refractivity contribution < 1.29 is 22.7 Å². The Morgan fingerprint density at radius 2 is 1.96 bits per heavy atom. The molecule has 7 nitrogen and oxygen atoms in total. The third kappa shape index (κ3) is 3.99. The van der Waals surface area contributed by atoms with Gasteiger partial charge in [0.1, 0.15) is 11.0 Å². The van der Waals surface area contributed by atoms with E-state index in [0.717, 1.165) is 6.07 Å². The number of morpholine rings is 1. The number of ether oxygens (including phenoxy) is 2. The molecule has 0 spiro atoms. The van der Waals surface area contributed by atoms with E-state index in [9.17, 15) is 13.2 Å². The summed E-state index contributed by atoms with van der Waals surface area (Å²) in [4.78, 5) is 11.8. The molecule has 1 saturated heterocycles. The van der Waals surface area contributed by atoms with Crippen LogP contribution in [0.3, 0.4) is 0 Å². The first-order chi connectivity index (χ1) is 11.3. The molecule has 1 aromatic rings. The first-order valence-corrected chi connectivity index (χ1v) is 9.14. The van der Waals surface area contributed by atoms with Gasteiger partial charge in [0.25, 0.3) is 0 Å². The van der Waals surface area contributed by atoms with Crippen LogP contribution in [0.15, 0.2) is 17.0 Å². The molecular formula is C14H14Cl2N2O5S. The molecule has 0 amide bonds. The summed E-state index contributed by atoms with van der Waals surface area (Å²) in [7, 11) is -3.91. The Balaban J connectivity index is 2.42. The number of hydrogen-bond donors (Lipinski definition) is 0. The molecule has 0 bridgehead atoms. The zero-order valence-electron chi connectivity index (χ0n) is 12.7. The van der Waals surface area contributed by atoms with Gasteiger partial charge in [-0.1, -0.05) is 23.2 Å². The summed E-state index contributed by atoms with van der Waals surface area (Å²) in [6.45, 7) is 2.31. The minimum atomic E-state index is -3.91. The Morgan fingerprint density at radius 3 is 2.54 bits per heavy atom. The van der Waals surface area contributed by atoms with Crippen LogP contribution in [0.25, 0.3) is 0 Å². The van der Waals surface area contributed by atoms with Crippen molar-refractivity contribution in [3.8, 4) is 6.07 Å². The van der Waals surface area contributed by atoms with Gasteiger partial charge in [-0.05, 0) is 19.1 Å². The van der Waals surface area contributed by atoms with Gasteiger partial charge < -0.3 is 9.47 Å². The maximum Gasteiger partial charge on any atom is 0.341 e. The number of esters is 1. The monoisotopic (exact) mass is 392 g/mol. The summed E-state index contributed by atoms with van der Waals surface area (Å²) >= 11 is 12.0. The number of benzene rings is 1. The molecule has 0 unspecified atom stereocenters. The second-order valence-electron chi connectivity index (χ2n) is 4.96. The van der Waals surface area contributed by atoms with Crippen molar-refractivity contribution in [2.45, 2.75) is 17.9 Å². The van der Waals surface area contributed by atoms with E-state index in [4.69, 9.17) is 37.9 Å². The lowest BCUT2D eigenvalue weighted by atomic mass is 10.2. The van der Waals surface area contributed by atoms with Crippen molar-refractivity contribution in [3.05, 3.63) is 27.7 Å². The normalized spacial score (nSPS) is 17.1. The van der Waals surface area contributed by atoms with Crippen LogP contribution in [-0.2, 0) is 19.5 Å². The van der Waals surface area contributed by atoms with Crippen molar-refractivity contribution in [1.82, 2.24) is 4.31 Å². The molecule has 0 saturated carbocycles. The van der Waals surface area contributed by atoms with Gasteiger partial charge in [-0.2, -0.15) is 9.57 Å². The van der Waals surface area contributed by atoms with Gasteiger partial charge in [-0.25, -0.2) is 13.2 Å². The van der Waals surface area contributed by atoms with Crippen molar-refractivity contribution in [2.75, 3.05) is 26.3 Å². The second-order valence-corrected chi connectivity index (χ2v) is 7.68. The first kappa shape index (κ1) is 19.0. The van der Waals surface area contributed by atoms with Crippen molar-refractivity contribution >= 4 is 39.2 Å². The minimum absolute atomic E-state index is 0.0592. The number of carbonyl (C=O) groups excluding carboxylic acids is 1. The van der Waals surface area contributed by atoms with E-state index >= 15 is 0 Å². The van der Waals surface area contributed by atoms with Crippen LogP contribution in [0.4, 0.5) is 0 Å². The molecule has 0 N–H and O–H groups in total. The van der Waals surface area contributed by atoms with Gasteiger partial charge in [0, 0.05) is 13.1 Å². The van der Waals surface area contributed by atoms with E-state index in [0.29, 0.717) is 0 Å². The minimum Gasteiger partial charge on any atom is -0.444 e. The lowest BCUT2D eigenvalue weighted by Crippen LogP contribution is -2.40. The molecule has 0 aliphatic carbocycles. The molecule has 1 aliphatic heterocycles. The van der Waals surface area contributed by atoms with E-state index in [1.807, 2.05) is 0 Å². The lowest BCUT2D eigenvalue weighted by molar-refractivity contribution is 0.0435. The first-order valence-electron chi connectivity index (χ1n) is 6.95. The fraction of sp³-hybridized carbons (Fsp3) is 0.429. The average Bonchev–Trinajstić information content (AvgIpc) is 2.55. The largest absolute Gasteiger partial charge is 0.444 e. The van der Waals surface area contributed by atoms with Crippen LogP contribution in [0.5, 0.6) is 0 Å². The standard InChI is InChI=1S/C14H14Cl2N2O5S/c1-9(8-17)23-14(19)10-6-13(12(16)7-11(10)15)24(20,21)18-2-4-22-5-3-18/h6-7,9H,2-5H2,1H3/t9-/m0/s1. The van der Waals surface area contributed by atoms with E-state index in [-0.39, 0.29) is 46.8 Å². The fourth-order valence-corrected chi connectivity index (χ4v) is 4.29. The number of nitrogens with zero attached hydrogens (tertiary/aromatic N) is 2. The zero-order valence-corrected chi connectivity index (χ0v) is 15.0. The Bertz CT molecular complexity index is 785. The SMILES string of the molecule is C[C@@H](C#N)OC(=O)c1cc(S(=O)(=O)N2CCOCC2)c(Cl)cc1Cl. The maximum absolute atomic E-state index is 12.7. The number of rotatable bonds is 4. The van der Waals surface area contributed by atoms with Crippen LogP contribution >= 0.6 is 23.2 Å². The van der Waals surface area contributed by atoms with Gasteiger partial charge in [-0.3, -0.25) is 0 Å². The van der Waals surface area contributed by atoms with Gasteiger partial charge in [-0.15, -0.1) is 0 Å². The molecule has 0 aromatic heterocycles. The van der Waals surface area contributed by atoms with E-state index in [1.54, 1.807) is 6.07 Å². The van der Waals surface area contributed by atoms with E-state index in [1.165, 1.54) is 17.3 Å². The molecule has 1 heterocycles. The molecule has 130 valence electrons. The molecule has 24 heavy (non-hydrogen) atoms. The summed E-state index contributed by atoms with van der Waals surface area (Å²) in [6.07, 6.45) is -0.997. The van der Waals surface area contributed by atoms with Crippen LogP contribution in [0.1, 0.15) is 17.3 Å². The van der Waals surface area contributed by atoms with Crippen LogP contribution in [0.2, 0.25) is 10.0 Å². The molecule has 0 radical (unpaired) electrons. The molecule has 10 heteroatoms. The molecule has 1 aromatic carbocycles. The lowest BCUT2D eigenvalue weighted by Gasteiger charge is -2.26. The summed E-state index contributed by atoms with van der Waals surface area (Å²) in [6, 6.07) is 3.98. The van der Waals surface area contributed by atoms with Crippen molar-refractivity contribution in [3.63, 3.8) is 0 Å². The van der Waals surface area contributed by atoms with Gasteiger partial charge in [0.05, 0.1) is 28.8 Å². The average molecular weight is 393 g/mol. The van der Waals surface area contributed by atoms with E-state index in [2.05, 4.69) is 0 Å². The van der Waals surface area contributed by atoms with Crippen LogP contribution in [0, 0.1) is 11.3 Å². The summed E-state index contributed by atoms with van der Waals surface area (Å²) < 4.78 is 36.6. The maximum atomic E-state index is 12.7. The molecule has 1 fully saturated rings. The summed E-state index contributed by atoms with van der Waals surface area (Å²) in [5, 5.41) is 8.54. The third-order valence-electron chi connectivity index (χ3n) is 3.29. The van der Waals surface area contributed by atoms with Crippen LogP contribution in [-0.4, -0.2) is 51.1 Å². The second kappa shape index (κ2) is 7.68. The summed E-state index contributed by atoms with van der Waals surface area (Å²) in [5.74, 6) is -0.899. The highest BCUT2D eigenvalue weighted by molar-refractivity contribution is 7.89. The molecular weight excluding hydrogens is 379 g/mol. The Morgan fingerprint density at radius 1 is 1.33 bits per heavy atom. The molecule has 1 atom stereocenters. The predicted octanol–water partition coefficient (Wildman–Crippen LogP) is 2.08. The highest BCUT2D eigenvalue weighted by atomic mass is 35.5. The smallest absolute Gasteiger partial charge is 0.341 e. The van der Waals surface area contributed by atoms with Gasteiger partial charge in [0.2, 0.25) is 10.0 Å². The van der Waals surface area contributed by atoms with Gasteiger partial charge in [0.15, 0.2) is 6.10 Å². The van der Waals surface area contributed by atoms with Gasteiger partial charge >= 0.3 is 5.97 Å². The van der Waals surface area contributed by atoms with E-state index < -0.39 is 22.1 Å². The quantitative estimate of drug-likeness (QED) is 0.727. The Labute approximate surface area is 149 Å². The highest BCUT2D eigenvalue weighted by Crippen LogP contribution is 2.31. The topological polar surface area (TPSA) is 96.7 Å². The van der Waals surface area contributed by atoms with Crippen molar-refractivity contribution in [2.24, 2.45) is 0 Å². The highest BCUT2D eigenvalue weighted by Gasteiger charge is 2.30. The molecule has 1 aliphatic rings. The number of sulfonamides is 1. The number of carbonyl (C=O) groups is 1. The van der Waals surface area contributed by atoms with Crippen LogP contribution < -0.4 is 0 Å². The predicted molar refractivity (Wildman–Crippen MR) is 86.5 cm³/mol. The zero-order chi connectivity index (χ0) is 17.9. The Hall–Kier alpha value is -1.37. The molecule has 2 rings (SSSR count). The Kier molecular flexibility index (Phi) is 6.06. The number of nitriles is 1. The van der Waals surface area contributed by atoms with Crippen molar-refractivity contribution in [1.29, 1.82) is 5.26 Å². The fourth-order valence-electron chi connectivity index (χ4n) is 2.06. The number of hydrogen-bond acceptors (Lipinski definition) is 6. The summed E-state index contributed by atoms with van der Waals surface area (Å²) in [5.41, 5.74) is -0.171. The number of halogens is 2.